The highest BCUT2D eigenvalue weighted by atomic mass is 35.5. The number of nitrogens with one attached hydrogen (secondary N) is 1. The number of hydrogen-bond acceptors (Lipinski definition) is 8. The molecule has 0 saturated heterocycles. The van der Waals surface area contributed by atoms with Crippen molar-refractivity contribution in [3.8, 4) is 11.8 Å². The molecule has 5 rings (SSSR count). The third-order valence-electron chi connectivity index (χ3n) is 5.72. The van der Waals surface area contributed by atoms with E-state index in [-0.39, 0.29) is 28.1 Å². The highest BCUT2D eigenvalue weighted by Gasteiger charge is 2.53. The Morgan fingerprint density at radius 2 is 1.97 bits per heavy atom. The third-order valence-corrected chi connectivity index (χ3v) is 5.98. The van der Waals surface area contributed by atoms with Crippen molar-refractivity contribution in [2.75, 3.05) is 5.32 Å². The first-order valence-corrected chi connectivity index (χ1v) is 10.8. The zero-order chi connectivity index (χ0) is 23.9. The first kappa shape index (κ1) is 22.1. The lowest BCUT2D eigenvalue weighted by Gasteiger charge is -2.13. The minimum Gasteiger partial charge on any atom is -0.441 e. The topological polar surface area (TPSA) is 131 Å². The van der Waals surface area contributed by atoms with Crippen molar-refractivity contribution in [1.82, 2.24) is 5.16 Å². The fourth-order valence-corrected chi connectivity index (χ4v) is 3.75. The van der Waals surface area contributed by atoms with Gasteiger partial charge in [-0.1, -0.05) is 47.1 Å². The summed E-state index contributed by atoms with van der Waals surface area (Å²) in [5.41, 5.74) is 0.141. The van der Waals surface area contributed by atoms with Crippen LogP contribution in [0.25, 0.3) is 11.2 Å². The van der Waals surface area contributed by atoms with E-state index in [2.05, 4.69) is 22.3 Å². The van der Waals surface area contributed by atoms with Crippen LogP contribution in [0.15, 0.2) is 55.8 Å². The van der Waals surface area contributed by atoms with Gasteiger partial charge in [0.1, 0.15) is 17.6 Å². The summed E-state index contributed by atoms with van der Waals surface area (Å²) in [6, 6.07) is 12.6. The maximum absolute atomic E-state index is 12.3. The Morgan fingerprint density at radius 1 is 1.21 bits per heavy atom. The normalized spacial score (nSPS) is 15.1. The van der Waals surface area contributed by atoms with Crippen LogP contribution >= 0.6 is 11.6 Å². The first-order valence-electron chi connectivity index (χ1n) is 10.5. The van der Waals surface area contributed by atoms with Gasteiger partial charge in [0.25, 0.3) is 5.78 Å². The number of hydrogen-bond donors (Lipinski definition) is 3. The lowest BCUT2D eigenvalue weighted by Crippen LogP contribution is -2.24. The van der Waals surface area contributed by atoms with Crippen molar-refractivity contribution in [3.05, 3.63) is 70.5 Å². The van der Waals surface area contributed by atoms with Gasteiger partial charge in [-0.15, -0.1) is 0 Å². The SMILES string of the molecule is CC(OC(=O)Nc1c(Cl)noc1C#Cc1cc2cc(C3(C(O)O)CC3)oc2o1)c1ccccc1. The summed E-state index contributed by atoms with van der Waals surface area (Å²) in [7, 11) is 0. The van der Waals surface area contributed by atoms with E-state index in [1.807, 2.05) is 30.3 Å². The molecule has 3 aromatic heterocycles. The summed E-state index contributed by atoms with van der Waals surface area (Å²) in [5, 5.41) is 25.9. The van der Waals surface area contributed by atoms with E-state index < -0.39 is 23.9 Å². The fraction of sp³-hybridized carbons (Fsp3) is 0.250. The smallest absolute Gasteiger partial charge is 0.412 e. The van der Waals surface area contributed by atoms with Crippen molar-refractivity contribution in [2.24, 2.45) is 0 Å². The van der Waals surface area contributed by atoms with Crippen molar-refractivity contribution in [3.63, 3.8) is 0 Å². The van der Waals surface area contributed by atoms with Crippen LogP contribution in [-0.2, 0) is 10.2 Å². The number of anilines is 1. The van der Waals surface area contributed by atoms with Crippen LogP contribution in [-0.4, -0.2) is 27.8 Å². The monoisotopic (exact) mass is 482 g/mol. The Balaban J connectivity index is 1.30. The summed E-state index contributed by atoms with van der Waals surface area (Å²) < 4.78 is 21.7. The van der Waals surface area contributed by atoms with Crippen LogP contribution < -0.4 is 5.32 Å². The van der Waals surface area contributed by atoms with E-state index >= 15 is 0 Å². The predicted molar refractivity (Wildman–Crippen MR) is 120 cm³/mol. The summed E-state index contributed by atoms with van der Waals surface area (Å²) in [6.45, 7) is 1.75. The van der Waals surface area contributed by atoms with E-state index in [1.54, 1.807) is 19.1 Å². The van der Waals surface area contributed by atoms with Crippen molar-refractivity contribution >= 4 is 34.5 Å². The van der Waals surface area contributed by atoms with Gasteiger partial charge in [0.15, 0.2) is 17.2 Å². The number of nitrogens with zero attached hydrogens (tertiary/aromatic N) is 1. The van der Waals surface area contributed by atoms with Gasteiger partial charge in [0, 0.05) is 6.07 Å². The molecule has 0 radical (unpaired) electrons. The van der Waals surface area contributed by atoms with Crippen LogP contribution in [0, 0.1) is 11.8 Å². The average Bonchev–Trinajstić information content (AvgIpc) is 3.26. The van der Waals surface area contributed by atoms with Crippen LogP contribution in [0.3, 0.4) is 0 Å². The number of rotatable bonds is 5. The molecular formula is C24H19ClN2O7. The molecule has 1 aliphatic carbocycles. The number of carbonyl (C=O) groups is 1. The van der Waals surface area contributed by atoms with Crippen LogP contribution in [0.5, 0.6) is 0 Å². The van der Waals surface area contributed by atoms with Crippen molar-refractivity contribution in [2.45, 2.75) is 37.6 Å². The van der Waals surface area contributed by atoms with Gasteiger partial charge in [-0.05, 0) is 43.2 Å². The highest BCUT2D eigenvalue weighted by Crippen LogP contribution is 2.51. The van der Waals surface area contributed by atoms with Gasteiger partial charge in [-0.3, -0.25) is 5.32 Å². The number of ether oxygens (including phenoxy) is 1. The number of aliphatic hydroxyl groups is 2. The van der Waals surface area contributed by atoms with Crippen molar-refractivity contribution in [1.29, 1.82) is 0 Å². The second kappa shape index (κ2) is 8.57. The quantitative estimate of drug-likeness (QED) is 0.275. The second-order valence-corrected chi connectivity index (χ2v) is 8.36. The van der Waals surface area contributed by atoms with Gasteiger partial charge in [-0.2, -0.15) is 0 Å². The lowest BCUT2D eigenvalue weighted by molar-refractivity contribution is -0.0738. The molecule has 1 fully saturated rings. The number of halogens is 1. The molecule has 1 amide bonds. The molecule has 4 aromatic rings. The maximum atomic E-state index is 12.3. The fourth-order valence-electron chi connectivity index (χ4n) is 3.58. The van der Waals surface area contributed by atoms with Crippen LogP contribution in [0.1, 0.15) is 48.7 Å². The van der Waals surface area contributed by atoms with E-state index in [1.165, 1.54) is 0 Å². The van der Waals surface area contributed by atoms with Crippen molar-refractivity contribution < 1.29 is 33.1 Å². The summed E-state index contributed by atoms with van der Waals surface area (Å²) in [4.78, 5) is 12.3. The standard InChI is InChI=1S/C24H19ClN2O7/c1-13(14-5-3-2-4-6-14)31-23(30)26-19-17(34-27-20(19)25)8-7-16-11-15-12-18(33-21(15)32-16)24(9-10-24)22(28)29/h2-6,11-13,22,28-29H,9-10H2,1H3,(H,26,30). The Bertz CT molecular complexity index is 1370. The van der Waals surface area contributed by atoms with Crippen LogP contribution in [0.4, 0.5) is 10.5 Å². The number of aromatic nitrogens is 1. The number of benzene rings is 1. The zero-order valence-corrected chi connectivity index (χ0v) is 18.6. The van der Waals surface area contributed by atoms with Gasteiger partial charge in [0.05, 0.1) is 10.8 Å². The number of fused-ring (bicyclic) bond motifs is 1. The zero-order valence-electron chi connectivity index (χ0n) is 17.9. The van der Waals surface area contributed by atoms with Gasteiger partial charge < -0.3 is 28.3 Å². The Morgan fingerprint density at radius 3 is 2.65 bits per heavy atom. The summed E-state index contributed by atoms with van der Waals surface area (Å²) in [5.74, 6) is 6.46. The molecule has 9 nitrogen and oxygen atoms in total. The maximum Gasteiger partial charge on any atom is 0.412 e. The lowest BCUT2D eigenvalue weighted by atomic mass is 10.0. The highest BCUT2D eigenvalue weighted by molar-refractivity contribution is 6.32. The molecule has 174 valence electrons. The molecule has 1 aliphatic rings. The average molecular weight is 483 g/mol. The molecule has 3 heterocycles. The minimum atomic E-state index is -1.49. The molecule has 0 aliphatic heterocycles. The Kier molecular flexibility index (Phi) is 5.57. The van der Waals surface area contributed by atoms with E-state index in [0.717, 1.165) is 5.56 Å². The molecule has 1 atom stereocenters. The molecule has 3 N–H and O–H groups in total. The van der Waals surface area contributed by atoms with Gasteiger partial charge in [0.2, 0.25) is 5.76 Å². The number of carbonyl (C=O) groups excluding carboxylic acids is 1. The molecular weight excluding hydrogens is 464 g/mol. The largest absolute Gasteiger partial charge is 0.441 e. The van der Waals surface area contributed by atoms with Gasteiger partial charge in [-0.25, -0.2) is 4.79 Å². The third kappa shape index (κ3) is 4.15. The summed E-state index contributed by atoms with van der Waals surface area (Å²) >= 11 is 6.04. The Labute approximate surface area is 198 Å². The Hall–Kier alpha value is -3.71. The predicted octanol–water partition coefficient (Wildman–Crippen LogP) is 4.72. The number of furan rings is 2. The molecule has 10 heteroatoms. The second-order valence-electron chi connectivity index (χ2n) is 8.00. The van der Waals surface area contributed by atoms with E-state index in [4.69, 9.17) is 29.7 Å². The van der Waals surface area contributed by atoms with Crippen LogP contribution in [0.2, 0.25) is 5.15 Å². The van der Waals surface area contributed by atoms with Gasteiger partial charge >= 0.3 is 6.09 Å². The number of amides is 1. The molecule has 1 unspecified atom stereocenters. The molecule has 0 spiro atoms. The first-order chi connectivity index (χ1) is 16.4. The molecule has 1 saturated carbocycles. The minimum absolute atomic E-state index is 0.0170. The van der Waals surface area contributed by atoms with E-state index in [0.29, 0.717) is 24.0 Å². The van der Waals surface area contributed by atoms with E-state index in [9.17, 15) is 15.0 Å². The number of aliphatic hydroxyl groups excluding tert-OH is 1. The molecule has 0 bridgehead atoms. The molecule has 34 heavy (non-hydrogen) atoms. The summed E-state index contributed by atoms with van der Waals surface area (Å²) in [6.07, 6.45) is -1.47. The molecule has 1 aromatic carbocycles.